The molecule has 4 aromatic rings. The molecular formula is C25H27N7O2. The average Bonchev–Trinajstić information content (AvgIpc) is 3.21. The number of amides is 1. The van der Waals surface area contributed by atoms with Crippen molar-refractivity contribution < 1.29 is 9.53 Å². The van der Waals surface area contributed by atoms with Crippen molar-refractivity contribution in [2.75, 3.05) is 38.8 Å². The Kier molecular flexibility index (Phi) is 6.55. The molecule has 0 fully saturated rings. The number of aromatic nitrogens is 4. The lowest BCUT2D eigenvalue weighted by Crippen LogP contribution is -2.12. The third kappa shape index (κ3) is 4.74. The molecule has 0 bridgehead atoms. The van der Waals surface area contributed by atoms with Gasteiger partial charge >= 0.3 is 0 Å². The van der Waals surface area contributed by atoms with Crippen LogP contribution in [0.1, 0.15) is 5.56 Å². The molecule has 174 valence electrons. The van der Waals surface area contributed by atoms with Crippen molar-refractivity contribution >= 4 is 28.4 Å². The maximum atomic E-state index is 12.1. The molecule has 3 N–H and O–H groups in total. The minimum Gasteiger partial charge on any atom is -0.496 e. The zero-order valence-electron chi connectivity index (χ0n) is 19.6. The predicted molar refractivity (Wildman–Crippen MR) is 134 cm³/mol. The fourth-order valence-electron chi connectivity index (χ4n) is 3.56. The number of nitrogens with two attached hydrogens (primary N) is 1. The second-order valence-corrected chi connectivity index (χ2v) is 8.10. The highest BCUT2D eigenvalue weighted by molar-refractivity contribution is 6.00. The number of benzene rings is 2. The highest BCUT2D eigenvalue weighted by Crippen LogP contribution is 2.34. The number of carbonyl (C=O) groups excluding carboxylic acids is 1. The highest BCUT2D eigenvalue weighted by Gasteiger charge is 2.19. The van der Waals surface area contributed by atoms with Gasteiger partial charge in [0.15, 0.2) is 5.65 Å². The van der Waals surface area contributed by atoms with Crippen LogP contribution in [0.5, 0.6) is 5.75 Å². The highest BCUT2D eigenvalue weighted by atomic mass is 16.5. The third-order valence-electron chi connectivity index (χ3n) is 5.29. The molecule has 0 saturated heterocycles. The fraction of sp³-hybridized carbons (Fsp3) is 0.200. The minimum atomic E-state index is -0.185. The normalized spacial score (nSPS) is 11.4. The molecule has 0 aliphatic carbocycles. The van der Waals surface area contributed by atoms with Crippen LogP contribution in [-0.2, 0) is 4.79 Å². The van der Waals surface area contributed by atoms with E-state index in [1.165, 1.54) is 12.4 Å². The molecule has 2 heterocycles. The van der Waals surface area contributed by atoms with Crippen molar-refractivity contribution in [3.05, 3.63) is 66.5 Å². The first-order valence-corrected chi connectivity index (χ1v) is 10.7. The van der Waals surface area contributed by atoms with Crippen molar-refractivity contribution in [2.24, 2.45) is 0 Å². The van der Waals surface area contributed by atoms with Gasteiger partial charge in [0.05, 0.1) is 18.2 Å². The van der Waals surface area contributed by atoms with Gasteiger partial charge in [-0.25, -0.2) is 14.6 Å². The summed E-state index contributed by atoms with van der Waals surface area (Å²) in [7, 11) is 5.52. The Balaban J connectivity index is 1.68. The zero-order chi connectivity index (χ0) is 24.2. The molecule has 0 unspecified atom stereocenters. The number of nitrogens with zero attached hydrogens (tertiary/aromatic N) is 5. The lowest BCUT2D eigenvalue weighted by molar-refractivity contribution is -0.111. The number of nitrogens with one attached hydrogen (secondary N) is 1. The monoisotopic (exact) mass is 457 g/mol. The Hall–Kier alpha value is -4.24. The van der Waals surface area contributed by atoms with E-state index in [0.29, 0.717) is 34.8 Å². The number of anilines is 2. The average molecular weight is 458 g/mol. The van der Waals surface area contributed by atoms with Crippen LogP contribution in [0.25, 0.3) is 28.0 Å². The summed E-state index contributed by atoms with van der Waals surface area (Å²) < 4.78 is 7.20. The molecule has 2 aromatic heterocycles. The summed E-state index contributed by atoms with van der Waals surface area (Å²) in [5.74, 6) is 0.921. The molecule has 0 aliphatic rings. The van der Waals surface area contributed by atoms with E-state index in [9.17, 15) is 4.79 Å². The summed E-state index contributed by atoms with van der Waals surface area (Å²) in [5.41, 5.74) is 10.8. The Morgan fingerprint density at radius 1 is 1.18 bits per heavy atom. The Morgan fingerprint density at radius 2 is 1.94 bits per heavy atom. The number of methoxy groups -OCH3 is 1. The van der Waals surface area contributed by atoms with Crippen LogP contribution in [0, 0.1) is 6.92 Å². The molecule has 0 saturated carbocycles. The van der Waals surface area contributed by atoms with Gasteiger partial charge < -0.3 is 20.7 Å². The molecule has 9 nitrogen and oxygen atoms in total. The fourth-order valence-corrected chi connectivity index (χ4v) is 3.56. The van der Waals surface area contributed by atoms with E-state index >= 15 is 0 Å². The number of hydrogen-bond donors (Lipinski definition) is 2. The maximum absolute atomic E-state index is 12.1. The molecule has 2 aromatic carbocycles. The van der Waals surface area contributed by atoms with E-state index in [4.69, 9.17) is 15.6 Å². The van der Waals surface area contributed by atoms with Gasteiger partial charge in [0.1, 0.15) is 23.6 Å². The molecule has 0 radical (unpaired) electrons. The summed E-state index contributed by atoms with van der Waals surface area (Å²) in [6, 6.07) is 13.2. The number of hydrogen-bond acceptors (Lipinski definition) is 7. The largest absolute Gasteiger partial charge is 0.496 e. The molecule has 1 amide bonds. The number of fused-ring (bicyclic) bond motifs is 1. The standard InChI is InChI=1S/C25H27N7O2/c1-16-7-8-17(14-20(16)34-4)23-22-24(26)27-15-28-25(22)32(30-23)19-11-9-18(10-12-19)29-21(33)6-5-13-31(2)3/h5-12,14-15H,13H2,1-4H3,(H,29,33)(H2,26,27,28). The van der Waals surface area contributed by atoms with Crippen LogP contribution >= 0.6 is 0 Å². The summed E-state index contributed by atoms with van der Waals surface area (Å²) in [4.78, 5) is 22.7. The zero-order valence-corrected chi connectivity index (χ0v) is 19.6. The number of nitrogen functional groups attached to an aromatic ring is 1. The Morgan fingerprint density at radius 3 is 2.65 bits per heavy atom. The molecule has 9 heteroatoms. The number of ether oxygens (including phenoxy) is 1. The summed E-state index contributed by atoms with van der Waals surface area (Å²) in [5, 5.41) is 8.34. The van der Waals surface area contributed by atoms with Gasteiger partial charge in [0.2, 0.25) is 5.91 Å². The van der Waals surface area contributed by atoms with Gasteiger partial charge in [-0.15, -0.1) is 0 Å². The van der Waals surface area contributed by atoms with Crippen LogP contribution < -0.4 is 15.8 Å². The summed E-state index contributed by atoms with van der Waals surface area (Å²) in [6.45, 7) is 2.67. The first-order valence-electron chi connectivity index (χ1n) is 10.7. The van der Waals surface area contributed by atoms with E-state index < -0.39 is 0 Å². The van der Waals surface area contributed by atoms with E-state index in [-0.39, 0.29) is 5.91 Å². The van der Waals surface area contributed by atoms with Crippen LogP contribution in [0.3, 0.4) is 0 Å². The molecule has 0 aliphatic heterocycles. The van der Waals surface area contributed by atoms with Crippen molar-refractivity contribution in [2.45, 2.75) is 6.92 Å². The molecular weight excluding hydrogens is 430 g/mol. The van der Waals surface area contributed by atoms with Gasteiger partial charge in [0.25, 0.3) is 0 Å². The number of likely N-dealkylation sites (N-methyl/N-ethyl adjacent to an activating group) is 1. The van der Waals surface area contributed by atoms with E-state index in [1.807, 2.05) is 74.5 Å². The quantitative estimate of drug-likeness (QED) is 0.409. The second kappa shape index (κ2) is 9.72. The van der Waals surface area contributed by atoms with Gasteiger partial charge in [-0.05, 0) is 56.9 Å². The molecule has 4 rings (SSSR count). The van der Waals surface area contributed by atoms with Crippen molar-refractivity contribution in [1.82, 2.24) is 24.6 Å². The number of rotatable bonds is 7. The van der Waals surface area contributed by atoms with Crippen LogP contribution in [0.15, 0.2) is 60.9 Å². The van der Waals surface area contributed by atoms with Crippen molar-refractivity contribution in [3.8, 4) is 22.7 Å². The first kappa shape index (κ1) is 22.9. The first-order chi connectivity index (χ1) is 16.4. The number of carbonyl (C=O) groups is 1. The van der Waals surface area contributed by atoms with Crippen molar-refractivity contribution in [3.63, 3.8) is 0 Å². The van der Waals surface area contributed by atoms with Gasteiger partial charge in [-0.3, -0.25) is 4.79 Å². The van der Waals surface area contributed by atoms with E-state index in [1.54, 1.807) is 11.8 Å². The lowest BCUT2D eigenvalue weighted by atomic mass is 10.1. The Bertz CT molecular complexity index is 1360. The van der Waals surface area contributed by atoms with E-state index in [0.717, 1.165) is 22.6 Å². The summed E-state index contributed by atoms with van der Waals surface area (Å²) in [6.07, 6.45) is 4.76. The molecule has 0 spiro atoms. The maximum Gasteiger partial charge on any atom is 0.248 e. The topological polar surface area (TPSA) is 111 Å². The van der Waals surface area contributed by atoms with Gasteiger partial charge in [-0.1, -0.05) is 18.2 Å². The van der Waals surface area contributed by atoms with Crippen molar-refractivity contribution in [1.29, 1.82) is 0 Å². The second-order valence-electron chi connectivity index (χ2n) is 8.10. The van der Waals surface area contributed by atoms with Crippen LogP contribution in [-0.4, -0.2) is 58.3 Å². The smallest absolute Gasteiger partial charge is 0.248 e. The third-order valence-corrected chi connectivity index (χ3v) is 5.29. The number of aryl methyl sites for hydroxylation is 1. The predicted octanol–water partition coefficient (Wildman–Crippen LogP) is 3.44. The Labute approximate surface area is 197 Å². The van der Waals surface area contributed by atoms with Crippen LogP contribution in [0.4, 0.5) is 11.5 Å². The molecule has 0 atom stereocenters. The lowest BCUT2D eigenvalue weighted by Gasteiger charge is -2.07. The van der Waals surface area contributed by atoms with Gasteiger partial charge in [0, 0.05) is 23.9 Å². The van der Waals surface area contributed by atoms with Crippen LogP contribution in [0.2, 0.25) is 0 Å². The minimum absolute atomic E-state index is 0.185. The SMILES string of the molecule is COc1cc(-c2nn(-c3ccc(NC(=O)C=CCN(C)C)cc3)c3ncnc(N)c23)ccc1C. The van der Waals surface area contributed by atoms with Gasteiger partial charge in [-0.2, -0.15) is 5.10 Å². The van der Waals surface area contributed by atoms with E-state index in [2.05, 4.69) is 15.3 Å². The summed E-state index contributed by atoms with van der Waals surface area (Å²) >= 11 is 0. The molecule has 34 heavy (non-hydrogen) atoms.